The number of hydrogen-bond acceptors (Lipinski definition) is 4. The molecule has 0 aliphatic carbocycles. The van der Waals surface area contributed by atoms with Gasteiger partial charge in [0.1, 0.15) is 12.4 Å². The predicted octanol–water partition coefficient (Wildman–Crippen LogP) is 4.28. The van der Waals surface area contributed by atoms with Crippen LogP contribution in [0.25, 0.3) is 11.3 Å². The third kappa shape index (κ3) is 3.23. The Kier molecular flexibility index (Phi) is 3.88. The van der Waals surface area contributed by atoms with Gasteiger partial charge in [-0.1, -0.05) is 29.8 Å². The van der Waals surface area contributed by atoms with Crippen molar-refractivity contribution in [2.45, 2.75) is 13.5 Å². The van der Waals surface area contributed by atoms with Crippen LogP contribution in [0.15, 0.2) is 53.4 Å². The monoisotopic (exact) mass is 296 g/mol. The van der Waals surface area contributed by atoms with Gasteiger partial charge >= 0.3 is 0 Å². The Morgan fingerprint density at radius 1 is 1.14 bits per heavy atom. The molecule has 1 heterocycles. The molecule has 3 nitrogen and oxygen atoms in total. The predicted molar refractivity (Wildman–Crippen MR) is 87.5 cm³/mol. The van der Waals surface area contributed by atoms with E-state index >= 15 is 0 Å². The molecule has 3 aromatic rings. The Morgan fingerprint density at radius 2 is 1.95 bits per heavy atom. The minimum absolute atomic E-state index is 0.514. The number of nitrogen functional groups attached to an aromatic ring is 1. The number of aryl methyl sites for hydroxylation is 1. The average Bonchev–Trinajstić information content (AvgIpc) is 3.02. The van der Waals surface area contributed by atoms with E-state index in [1.54, 1.807) is 11.3 Å². The maximum Gasteiger partial charge on any atom is 0.142 e. The number of ether oxygens (including phenoxy) is 1. The molecule has 0 saturated heterocycles. The molecular formula is C17H16N2OS. The number of nitrogens with two attached hydrogens (primary N) is 1. The van der Waals surface area contributed by atoms with Gasteiger partial charge in [-0.25, -0.2) is 4.98 Å². The van der Waals surface area contributed by atoms with E-state index in [9.17, 15) is 0 Å². The zero-order chi connectivity index (χ0) is 14.7. The Bertz CT molecular complexity index is 721. The number of benzene rings is 2. The van der Waals surface area contributed by atoms with Crippen molar-refractivity contribution in [1.29, 1.82) is 0 Å². The van der Waals surface area contributed by atoms with Crippen LogP contribution in [0.1, 0.15) is 11.1 Å². The molecule has 0 radical (unpaired) electrons. The molecule has 2 N–H and O–H groups in total. The Labute approximate surface area is 128 Å². The lowest BCUT2D eigenvalue weighted by Crippen LogP contribution is -1.99. The summed E-state index contributed by atoms with van der Waals surface area (Å²) in [6.07, 6.45) is 0. The first-order valence-corrected chi connectivity index (χ1v) is 7.63. The zero-order valence-electron chi connectivity index (χ0n) is 11.7. The number of nitrogens with zero attached hydrogens (tertiary/aromatic N) is 1. The molecule has 21 heavy (non-hydrogen) atoms. The molecule has 0 atom stereocenters. The first-order chi connectivity index (χ1) is 10.2. The van der Waals surface area contributed by atoms with E-state index in [-0.39, 0.29) is 0 Å². The van der Waals surface area contributed by atoms with E-state index < -0.39 is 0 Å². The summed E-state index contributed by atoms with van der Waals surface area (Å²) in [5, 5.41) is 2.00. The van der Waals surface area contributed by atoms with Crippen molar-refractivity contribution >= 4 is 17.0 Å². The smallest absolute Gasteiger partial charge is 0.142 e. The Balaban J connectivity index is 1.73. The minimum Gasteiger partial charge on any atom is -0.487 e. The van der Waals surface area contributed by atoms with Crippen molar-refractivity contribution in [3.63, 3.8) is 0 Å². The van der Waals surface area contributed by atoms with Crippen LogP contribution >= 0.6 is 11.3 Å². The molecule has 0 spiro atoms. The molecule has 3 rings (SSSR count). The molecule has 4 heteroatoms. The summed E-state index contributed by atoms with van der Waals surface area (Å²) in [5.41, 5.74) is 12.8. The lowest BCUT2D eigenvalue weighted by Gasteiger charge is -2.10. The van der Waals surface area contributed by atoms with E-state index in [0.717, 1.165) is 16.8 Å². The molecular weight excluding hydrogens is 280 g/mol. The number of anilines is 1. The van der Waals surface area contributed by atoms with Gasteiger partial charge in [-0.15, -0.1) is 11.3 Å². The number of hydrogen-bond donors (Lipinski definition) is 1. The summed E-state index contributed by atoms with van der Waals surface area (Å²) in [7, 11) is 0. The van der Waals surface area contributed by atoms with Crippen molar-refractivity contribution < 1.29 is 4.74 Å². The highest BCUT2D eigenvalue weighted by molar-refractivity contribution is 7.07. The van der Waals surface area contributed by atoms with Crippen molar-refractivity contribution in [2.24, 2.45) is 0 Å². The molecule has 0 aliphatic rings. The normalized spacial score (nSPS) is 10.5. The van der Waals surface area contributed by atoms with Crippen LogP contribution in [0.2, 0.25) is 0 Å². The van der Waals surface area contributed by atoms with Gasteiger partial charge in [0, 0.05) is 10.9 Å². The lowest BCUT2D eigenvalue weighted by atomic mass is 10.1. The van der Waals surface area contributed by atoms with Crippen LogP contribution in [-0.2, 0) is 6.61 Å². The van der Waals surface area contributed by atoms with E-state index in [1.165, 1.54) is 5.56 Å². The van der Waals surface area contributed by atoms with Crippen LogP contribution in [-0.4, -0.2) is 4.98 Å². The summed E-state index contributed by atoms with van der Waals surface area (Å²) < 4.78 is 5.79. The Morgan fingerprint density at radius 3 is 2.62 bits per heavy atom. The second-order valence-corrected chi connectivity index (χ2v) is 5.62. The summed E-state index contributed by atoms with van der Waals surface area (Å²) in [6.45, 7) is 2.58. The van der Waals surface area contributed by atoms with E-state index in [0.29, 0.717) is 18.0 Å². The van der Waals surface area contributed by atoms with E-state index in [4.69, 9.17) is 10.5 Å². The molecule has 0 unspecified atom stereocenters. The highest BCUT2D eigenvalue weighted by Crippen LogP contribution is 2.28. The van der Waals surface area contributed by atoms with Gasteiger partial charge in [-0.05, 0) is 30.7 Å². The minimum atomic E-state index is 0.514. The van der Waals surface area contributed by atoms with Gasteiger partial charge in [-0.3, -0.25) is 0 Å². The fraction of sp³-hybridized carbons (Fsp3) is 0.118. The summed E-state index contributed by atoms with van der Waals surface area (Å²) in [4.78, 5) is 4.28. The molecule has 0 bridgehead atoms. The molecule has 1 aromatic heterocycles. The topological polar surface area (TPSA) is 48.1 Å². The summed E-state index contributed by atoms with van der Waals surface area (Å²) in [5.74, 6) is 0.703. The first-order valence-electron chi connectivity index (χ1n) is 6.69. The summed E-state index contributed by atoms with van der Waals surface area (Å²) >= 11 is 1.57. The quantitative estimate of drug-likeness (QED) is 0.731. The van der Waals surface area contributed by atoms with Crippen LogP contribution in [0, 0.1) is 6.92 Å². The van der Waals surface area contributed by atoms with Gasteiger partial charge in [-0.2, -0.15) is 0 Å². The Hall–Kier alpha value is -2.33. The SMILES string of the molecule is Cc1ccc(COc2ccc(-c3cscn3)cc2N)cc1. The van der Waals surface area contributed by atoms with Crippen LogP contribution < -0.4 is 10.5 Å². The molecule has 0 saturated carbocycles. The van der Waals surface area contributed by atoms with Gasteiger partial charge in [0.05, 0.1) is 16.9 Å². The summed E-state index contributed by atoms with van der Waals surface area (Å²) in [6, 6.07) is 14.1. The molecule has 106 valence electrons. The number of aromatic nitrogens is 1. The third-order valence-electron chi connectivity index (χ3n) is 3.25. The maximum atomic E-state index is 6.07. The molecule has 2 aromatic carbocycles. The highest BCUT2D eigenvalue weighted by atomic mass is 32.1. The van der Waals surface area contributed by atoms with Crippen LogP contribution in [0.5, 0.6) is 5.75 Å². The van der Waals surface area contributed by atoms with Gasteiger partial charge in [0.15, 0.2) is 0 Å². The second-order valence-electron chi connectivity index (χ2n) is 4.90. The van der Waals surface area contributed by atoms with Crippen molar-refractivity contribution in [1.82, 2.24) is 4.98 Å². The highest BCUT2D eigenvalue weighted by Gasteiger charge is 2.05. The number of rotatable bonds is 4. The van der Waals surface area contributed by atoms with E-state index in [2.05, 4.69) is 36.2 Å². The largest absolute Gasteiger partial charge is 0.487 e. The fourth-order valence-corrected chi connectivity index (χ4v) is 2.60. The van der Waals surface area contributed by atoms with Gasteiger partial charge in [0.25, 0.3) is 0 Å². The first kappa shape index (κ1) is 13.6. The standard InChI is InChI=1S/C17H16N2OS/c1-12-2-4-13(5-3-12)9-20-17-7-6-14(8-15(17)18)16-10-21-11-19-16/h2-8,10-11H,9,18H2,1H3. The van der Waals surface area contributed by atoms with Crippen molar-refractivity contribution in [3.05, 3.63) is 64.5 Å². The van der Waals surface area contributed by atoms with E-state index in [1.807, 2.05) is 29.1 Å². The van der Waals surface area contributed by atoms with Gasteiger partial charge in [0.2, 0.25) is 0 Å². The average molecular weight is 296 g/mol. The third-order valence-corrected chi connectivity index (χ3v) is 3.84. The van der Waals surface area contributed by atoms with Crippen molar-refractivity contribution in [3.8, 4) is 17.0 Å². The molecule has 0 amide bonds. The van der Waals surface area contributed by atoms with Gasteiger partial charge < -0.3 is 10.5 Å². The second kappa shape index (κ2) is 5.97. The van der Waals surface area contributed by atoms with Crippen LogP contribution in [0.4, 0.5) is 5.69 Å². The maximum absolute atomic E-state index is 6.07. The molecule has 0 aliphatic heterocycles. The van der Waals surface area contributed by atoms with Crippen LogP contribution in [0.3, 0.4) is 0 Å². The fourth-order valence-electron chi connectivity index (χ4n) is 2.04. The zero-order valence-corrected chi connectivity index (χ0v) is 12.6. The number of thiazole rings is 1. The lowest BCUT2D eigenvalue weighted by molar-refractivity contribution is 0.308. The molecule has 0 fully saturated rings. The van der Waals surface area contributed by atoms with Crippen molar-refractivity contribution in [2.75, 3.05) is 5.73 Å².